The molecule has 0 aromatic carbocycles. The molecule has 4 N–H and O–H groups in total. The zero-order valence-corrected chi connectivity index (χ0v) is 19.7. The minimum Gasteiger partial charge on any atom is -0.397 e. The van der Waals surface area contributed by atoms with Crippen LogP contribution >= 0.6 is 7.82 Å². The number of phosphoric acid groups is 1. The van der Waals surface area contributed by atoms with Crippen LogP contribution in [0, 0.1) is 0 Å². The molecule has 29 heavy (non-hydrogen) atoms. The summed E-state index contributed by atoms with van der Waals surface area (Å²) < 4.78 is 20.0. The predicted molar refractivity (Wildman–Crippen MR) is 118 cm³/mol. The maximum atomic E-state index is 10.5. The first-order valence-electron chi connectivity index (χ1n) is 11.4. The molecule has 0 saturated heterocycles. The third kappa shape index (κ3) is 32.9. The van der Waals surface area contributed by atoms with Crippen molar-refractivity contribution in [3.05, 3.63) is 0 Å². The molecule has 0 aliphatic heterocycles. The van der Waals surface area contributed by atoms with Crippen LogP contribution in [0.5, 0.6) is 0 Å². The highest BCUT2D eigenvalue weighted by Crippen LogP contribution is 2.35. The van der Waals surface area contributed by atoms with Crippen molar-refractivity contribution in [2.24, 2.45) is 0 Å². The van der Waals surface area contributed by atoms with E-state index in [0.717, 1.165) is 12.8 Å². The number of aliphatic hydroxyl groups is 2. The van der Waals surface area contributed by atoms with E-state index in [1.807, 2.05) is 0 Å². The van der Waals surface area contributed by atoms with Crippen molar-refractivity contribution >= 4 is 7.82 Å². The third-order valence-electron chi connectivity index (χ3n) is 4.39. The van der Waals surface area contributed by atoms with E-state index >= 15 is 0 Å². The molecular formula is C21H47O7P. The molecule has 0 heterocycles. The average Bonchev–Trinajstić information content (AvgIpc) is 2.66. The third-order valence-corrected chi connectivity index (χ3v) is 4.87. The molecule has 0 aliphatic carbocycles. The van der Waals surface area contributed by atoms with Gasteiger partial charge in [0.1, 0.15) is 6.10 Å². The number of hydrogen-bond donors (Lipinski definition) is 4. The van der Waals surface area contributed by atoms with E-state index < -0.39 is 20.5 Å². The first kappa shape index (κ1) is 31.2. The van der Waals surface area contributed by atoms with Crippen LogP contribution in [0.3, 0.4) is 0 Å². The molecule has 0 amide bonds. The lowest BCUT2D eigenvalue weighted by atomic mass is 10.0. The fraction of sp³-hybridized carbons (Fsp3) is 1.00. The Balaban J connectivity index is 0. The second-order valence-corrected chi connectivity index (χ2v) is 8.67. The zero-order valence-electron chi connectivity index (χ0n) is 18.8. The van der Waals surface area contributed by atoms with Crippen LogP contribution < -0.4 is 0 Å². The van der Waals surface area contributed by atoms with Crippen LogP contribution in [0.25, 0.3) is 0 Å². The molecule has 1 unspecified atom stereocenters. The van der Waals surface area contributed by atoms with Crippen LogP contribution in [0.15, 0.2) is 0 Å². The molecule has 0 fully saturated rings. The molecule has 0 aromatic heterocycles. The van der Waals surface area contributed by atoms with Crippen molar-refractivity contribution in [2.45, 2.75) is 110 Å². The molecule has 8 heteroatoms. The molecule has 0 radical (unpaired) electrons. The quantitative estimate of drug-likeness (QED) is 0.156. The van der Waals surface area contributed by atoms with Gasteiger partial charge in [0.15, 0.2) is 0 Å². The molecule has 0 bridgehead atoms. The van der Waals surface area contributed by atoms with Crippen LogP contribution in [0.1, 0.15) is 104 Å². The smallest absolute Gasteiger partial charge is 0.397 e. The van der Waals surface area contributed by atoms with Crippen molar-refractivity contribution in [1.29, 1.82) is 0 Å². The minimum atomic E-state index is -4.51. The molecule has 0 rings (SSSR count). The summed E-state index contributed by atoms with van der Waals surface area (Å²) in [4.78, 5) is 17.0. The van der Waals surface area contributed by atoms with Gasteiger partial charge < -0.3 is 24.7 Å². The molecule has 178 valence electrons. The maximum Gasteiger partial charge on any atom is 0.469 e. The van der Waals surface area contributed by atoms with Crippen LogP contribution in [-0.2, 0) is 13.8 Å². The summed E-state index contributed by atoms with van der Waals surface area (Å²) in [6.07, 6.45) is 17.3. The predicted octanol–water partition coefficient (Wildman–Crippen LogP) is 4.95. The van der Waals surface area contributed by atoms with Gasteiger partial charge in [0.25, 0.3) is 0 Å². The van der Waals surface area contributed by atoms with Gasteiger partial charge >= 0.3 is 7.82 Å². The normalized spacial score (nSPS) is 12.5. The highest BCUT2D eigenvalue weighted by molar-refractivity contribution is 7.46. The van der Waals surface area contributed by atoms with Crippen molar-refractivity contribution in [1.82, 2.24) is 0 Å². The van der Waals surface area contributed by atoms with Crippen molar-refractivity contribution in [2.75, 3.05) is 26.4 Å². The Labute approximate surface area is 178 Å². The highest BCUT2D eigenvalue weighted by Gasteiger charge is 2.16. The second kappa shape index (κ2) is 24.3. The molecule has 7 nitrogen and oxygen atoms in total. The Morgan fingerprint density at radius 2 is 1.10 bits per heavy atom. The number of rotatable bonds is 20. The zero-order chi connectivity index (χ0) is 22.2. The average molecular weight is 443 g/mol. The van der Waals surface area contributed by atoms with E-state index in [1.165, 1.54) is 77.0 Å². The fourth-order valence-electron chi connectivity index (χ4n) is 2.85. The summed E-state index contributed by atoms with van der Waals surface area (Å²) in [5.74, 6) is 0. The van der Waals surface area contributed by atoms with Gasteiger partial charge in [-0.2, -0.15) is 0 Å². The van der Waals surface area contributed by atoms with E-state index in [9.17, 15) is 9.67 Å². The van der Waals surface area contributed by atoms with Crippen molar-refractivity contribution < 1.29 is 33.8 Å². The summed E-state index contributed by atoms with van der Waals surface area (Å²) in [7, 11) is -4.51. The fourth-order valence-corrected chi connectivity index (χ4v) is 3.22. The molecule has 1 atom stereocenters. The summed E-state index contributed by atoms with van der Waals surface area (Å²) >= 11 is 0. The van der Waals surface area contributed by atoms with Gasteiger partial charge in [-0.1, -0.05) is 90.4 Å². The first-order chi connectivity index (χ1) is 13.9. The molecular weight excluding hydrogens is 395 g/mol. The number of ether oxygens (including phenoxy) is 1. The number of aliphatic hydroxyl groups excluding tert-OH is 2. The Bertz CT molecular complexity index is 350. The highest BCUT2D eigenvalue weighted by atomic mass is 31.2. The largest absolute Gasteiger partial charge is 0.469 e. The van der Waals surface area contributed by atoms with E-state index in [1.54, 1.807) is 6.92 Å². The monoisotopic (exact) mass is 442 g/mol. The van der Waals surface area contributed by atoms with Gasteiger partial charge in [-0.05, 0) is 13.3 Å². The van der Waals surface area contributed by atoms with Gasteiger partial charge in [-0.3, -0.25) is 4.52 Å². The standard InChI is InChI=1S/C19H41O6P.C2H6O/c1-2-3-4-5-6-7-8-9-10-11-12-13-14-15-16-24-17-19(20)18-25-26(21,22)23;1-2-3/h19-20H,2-18H2,1H3,(H2,21,22,23);3H,2H2,1H3. The van der Waals surface area contributed by atoms with Crippen LogP contribution in [-0.4, -0.2) is 52.5 Å². The number of unbranched alkanes of at least 4 members (excludes halogenated alkanes) is 13. The van der Waals surface area contributed by atoms with Gasteiger partial charge in [-0.25, -0.2) is 4.57 Å². The Kier molecular flexibility index (Phi) is 26.1. The van der Waals surface area contributed by atoms with E-state index in [-0.39, 0.29) is 13.2 Å². The van der Waals surface area contributed by atoms with E-state index in [0.29, 0.717) is 6.61 Å². The molecule has 0 saturated carbocycles. The van der Waals surface area contributed by atoms with Crippen LogP contribution in [0.4, 0.5) is 0 Å². The summed E-state index contributed by atoms with van der Waals surface area (Å²) in [5.41, 5.74) is 0. The summed E-state index contributed by atoms with van der Waals surface area (Å²) in [6, 6.07) is 0. The molecule has 0 aromatic rings. The summed E-state index contributed by atoms with van der Waals surface area (Å²) in [5, 5.41) is 17.0. The molecule has 0 spiro atoms. The van der Waals surface area contributed by atoms with E-state index in [4.69, 9.17) is 19.6 Å². The van der Waals surface area contributed by atoms with E-state index in [2.05, 4.69) is 11.4 Å². The maximum absolute atomic E-state index is 10.5. The summed E-state index contributed by atoms with van der Waals surface area (Å²) in [6.45, 7) is 4.37. The Hall–Kier alpha value is -0.0100. The van der Waals surface area contributed by atoms with Gasteiger partial charge in [0.05, 0.1) is 13.2 Å². The van der Waals surface area contributed by atoms with Gasteiger partial charge in [-0.15, -0.1) is 0 Å². The number of phosphoric ester groups is 1. The lowest BCUT2D eigenvalue weighted by Crippen LogP contribution is -2.21. The lowest BCUT2D eigenvalue weighted by Gasteiger charge is -2.12. The van der Waals surface area contributed by atoms with Crippen LogP contribution in [0.2, 0.25) is 0 Å². The Morgan fingerprint density at radius 3 is 1.48 bits per heavy atom. The van der Waals surface area contributed by atoms with Crippen molar-refractivity contribution in [3.8, 4) is 0 Å². The Morgan fingerprint density at radius 1 is 0.724 bits per heavy atom. The SMILES string of the molecule is CCCCCCCCCCCCCCCCOCC(O)COP(=O)(O)O.CCO. The first-order valence-corrected chi connectivity index (χ1v) is 13.0. The second-order valence-electron chi connectivity index (χ2n) is 7.43. The minimum absolute atomic E-state index is 0.0401. The van der Waals surface area contributed by atoms with Gasteiger partial charge in [0, 0.05) is 13.2 Å². The molecule has 0 aliphatic rings. The number of hydrogen-bond acceptors (Lipinski definition) is 5. The lowest BCUT2D eigenvalue weighted by molar-refractivity contribution is 0.00476. The van der Waals surface area contributed by atoms with Gasteiger partial charge in [0.2, 0.25) is 0 Å². The van der Waals surface area contributed by atoms with Crippen molar-refractivity contribution in [3.63, 3.8) is 0 Å². The topological polar surface area (TPSA) is 116 Å².